The Morgan fingerprint density at radius 2 is 1.77 bits per heavy atom. The molecule has 2 amide bonds. The molecule has 2 aromatic rings. The monoisotopic (exact) mass is 427 g/mol. The second kappa shape index (κ2) is 10.3. The molecule has 1 fully saturated rings. The summed E-state index contributed by atoms with van der Waals surface area (Å²) >= 11 is 5.98. The zero-order valence-electron chi connectivity index (χ0n) is 17.2. The zero-order valence-corrected chi connectivity index (χ0v) is 18.0. The van der Waals surface area contributed by atoms with Crippen molar-refractivity contribution in [3.63, 3.8) is 0 Å². The largest absolute Gasteiger partial charge is 0.496 e. The van der Waals surface area contributed by atoms with Gasteiger partial charge in [-0.25, -0.2) is 5.43 Å². The molecule has 2 N–H and O–H groups in total. The lowest BCUT2D eigenvalue weighted by Crippen LogP contribution is -2.24. The second-order valence-corrected chi connectivity index (χ2v) is 7.82. The summed E-state index contributed by atoms with van der Waals surface area (Å²) < 4.78 is 5.20. The molecule has 30 heavy (non-hydrogen) atoms. The maximum absolute atomic E-state index is 12.4. The Hall–Kier alpha value is -2.86. The number of carbonyl (C=O) groups is 2. The van der Waals surface area contributed by atoms with Crippen molar-refractivity contribution in [3.05, 3.63) is 58.6 Å². The first-order valence-corrected chi connectivity index (χ1v) is 10.4. The van der Waals surface area contributed by atoms with Gasteiger partial charge in [0.05, 0.1) is 18.4 Å². The van der Waals surface area contributed by atoms with Gasteiger partial charge in [-0.1, -0.05) is 43.0 Å². The highest BCUT2D eigenvalue weighted by Gasteiger charge is 2.21. The van der Waals surface area contributed by atoms with Crippen LogP contribution in [0.2, 0.25) is 5.02 Å². The summed E-state index contributed by atoms with van der Waals surface area (Å²) in [6.07, 6.45) is 5.40. The van der Waals surface area contributed by atoms with Gasteiger partial charge < -0.3 is 10.1 Å². The molecule has 0 bridgehead atoms. The number of methoxy groups -OCH3 is 1. The smallest absolute Gasteiger partial charge is 0.275 e. The topological polar surface area (TPSA) is 79.8 Å². The van der Waals surface area contributed by atoms with Crippen molar-refractivity contribution in [2.24, 2.45) is 11.0 Å². The van der Waals surface area contributed by atoms with Crippen molar-refractivity contribution in [2.75, 3.05) is 12.4 Å². The van der Waals surface area contributed by atoms with Crippen molar-refractivity contribution in [1.29, 1.82) is 0 Å². The fraction of sp³-hybridized carbons (Fsp3) is 0.348. The molecule has 7 heteroatoms. The predicted octanol–water partition coefficient (Wildman–Crippen LogP) is 5.02. The van der Waals surface area contributed by atoms with Gasteiger partial charge in [0.2, 0.25) is 5.91 Å². The number of nitrogens with one attached hydrogen (secondary N) is 2. The van der Waals surface area contributed by atoms with E-state index in [4.69, 9.17) is 16.3 Å². The Bertz CT molecular complexity index is 935. The van der Waals surface area contributed by atoms with Crippen LogP contribution in [0, 0.1) is 5.92 Å². The first kappa shape index (κ1) is 21.8. The fourth-order valence-corrected chi connectivity index (χ4v) is 3.69. The van der Waals surface area contributed by atoms with Crippen molar-refractivity contribution in [3.8, 4) is 5.75 Å². The molecule has 0 radical (unpaired) electrons. The number of halogens is 1. The Morgan fingerprint density at radius 3 is 2.43 bits per heavy atom. The summed E-state index contributed by atoms with van der Waals surface area (Å²) in [5.74, 6) is 0.212. The van der Waals surface area contributed by atoms with E-state index < -0.39 is 5.91 Å². The molecular weight excluding hydrogens is 402 g/mol. The molecule has 1 saturated carbocycles. The van der Waals surface area contributed by atoms with Gasteiger partial charge >= 0.3 is 0 Å². The molecule has 0 saturated heterocycles. The maximum Gasteiger partial charge on any atom is 0.275 e. The highest BCUT2D eigenvalue weighted by molar-refractivity contribution is 6.31. The Morgan fingerprint density at radius 1 is 1.07 bits per heavy atom. The average molecular weight is 428 g/mol. The molecule has 0 aromatic heterocycles. The number of rotatable bonds is 6. The number of hydrogen-bond acceptors (Lipinski definition) is 4. The van der Waals surface area contributed by atoms with E-state index in [0.29, 0.717) is 22.0 Å². The summed E-state index contributed by atoms with van der Waals surface area (Å²) in [5.41, 5.74) is 5.07. The highest BCUT2D eigenvalue weighted by atomic mass is 35.5. The minimum Gasteiger partial charge on any atom is -0.496 e. The summed E-state index contributed by atoms with van der Waals surface area (Å²) in [7, 11) is 1.49. The summed E-state index contributed by atoms with van der Waals surface area (Å²) in [6, 6.07) is 12.2. The van der Waals surface area contributed by atoms with Gasteiger partial charge in [0.1, 0.15) is 5.75 Å². The van der Waals surface area contributed by atoms with E-state index in [1.165, 1.54) is 19.6 Å². The number of ether oxygens (including phenoxy) is 1. The van der Waals surface area contributed by atoms with Gasteiger partial charge in [0.25, 0.3) is 5.91 Å². The second-order valence-electron chi connectivity index (χ2n) is 7.38. The molecule has 0 atom stereocenters. The van der Waals surface area contributed by atoms with E-state index in [1.807, 2.05) is 24.3 Å². The molecule has 1 aliphatic carbocycles. The Balaban J connectivity index is 1.61. The van der Waals surface area contributed by atoms with E-state index in [1.54, 1.807) is 19.1 Å². The van der Waals surface area contributed by atoms with Gasteiger partial charge in [-0.3, -0.25) is 9.59 Å². The minimum absolute atomic E-state index is 0.0931. The minimum atomic E-state index is -0.412. The Labute approximate surface area is 181 Å². The molecule has 6 nitrogen and oxygen atoms in total. The van der Waals surface area contributed by atoms with E-state index >= 15 is 0 Å². The van der Waals surface area contributed by atoms with E-state index in [2.05, 4.69) is 15.8 Å². The molecule has 0 unspecified atom stereocenters. The normalized spacial score (nSPS) is 14.8. The molecule has 0 aliphatic heterocycles. The lowest BCUT2D eigenvalue weighted by Gasteiger charge is -2.20. The zero-order chi connectivity index (χ0) is 21.5. The number of carbonyl (C=O) groups excluding carboxylic acids is 2. The predicted molar refractivity (Wildman–Crippen MR) is 119 cm³/mol. The van der Waals surface area contributed by atoms with Gasteiger partial charge in [0.15, 0.2) is 0 Å². The van der Waals surface area contributed by atoms with Crippen LogP contribution in [0.4, 0.5) is 5.69 Å². The average Bonchev–Trinajstić information content (AvgIpc) is 2.78. The van der Waals surface area contributed by atoms with Crippen molar-refractivity contribution >= 4 is 34.8 Å². The number of hydrogen-bond donors (Lipinski definition) is 2. The van der Waals surface area contributed by atoms with Crippen LogP contribution in [0.1, 0.15) is 54.9 Å². The summed E-state index contributed by atoms with van der Waals surface area (Å²) in [4.78, 5) is 24.8. The van der Waals surface area contributed by atoms with Gasteiger partial charge in [-0.05, 0) is 55.7 Å². The first-order valence-electron chi connectivity index (χ1n) is 10.1. The lowest BCUT2D eigenvalue weighted by atomic mass is 9.88. The molecule has 158 valence electrons. The van der Waals surface area contributed by atoms with Crippen molar-refractivity contribution < 1.29 is 14.3 Å². The number of nitrogens with zero attached hydrogens (tertiary/aromatic N) is 1. The van der Waals surface area contributed by atoms with E-state index in [9.17, 15) is 9.59 Å². The van der Waals surface area contributed by atoms with Crippen LogP contribution < -0.4 is 15.5 Å². The van der Waals surface area contributed by atoms with Crippen LogP contribution in [0.3, 0.4) is 0 Å². The summed E-state index contributed by atoms with van der Waals surface area (Å²) in [6.45, 7) is 1.80. The van der Waals surface area contributed by atoms with Crippen LogP contribution in [0.15, 0.2) is 47.6 Å². The number of benzene rings is 2. The molecule has 3 rings (SSSR count). The quantitative estimate of drug-likeness (QED) is 0.501. The first-order chi connectivity index (χ1) is 14.5. The van der Waals surface area contributed by atoms with Gasteiger partial charge in [0, 0.05) is 16.6 Å². The molecule has 0 spiro atoms. The van der Waals surface area contributed by atoms with Crippen LogP contribution in [0.25, 0.3) is 0 Å². The fourth-order valence-electron chi connectivity index (χ4n) is 3.52. The molecule has 1 aliphatic rings. The number of amides is 2. The van der Waals surface area contributed by atoms with Crippen molar-refractivity contribution in [1.82, 2.24) is 5.43 Å². The maximum atomic E-state index is 12.4. The van der Waals surface area contributed by atoms with Crippen LogP contribution in [-0.4, -0.2) is 24.6 Å². The third kappa shape index (κ3) is 5.60. The van der Waals surface area contributed by atoms with Crippen molar-refractivity contribution in [2.45, 2.75) is 39.0 Å². The third-order valence-electron chi connectivity index (χ3n) is 5.28. The Kier molecular flexibility index (Phi) is 7.46. The third-order valence-corrected chi connectivity index (χ3v) is 5.51. The molecular formula is C23H26ClN3O3. The molecule has 0 heterocycles. The standard InChI is InChI=1S/C23H26ClN3O3/c1-15(26-27-23(29)20-14-18(24)10-13-21(20)30-2)16-8-11-19(12-9-16)25-22(28)17-6-4-3-5-7-17/h8-14,17H,3-7H2,1-2H3,(H,25,28)(H,27,29). The van der Waals surface area contributed by atoms with E-state index in [-0.39, 0.29) is 11.8 Å². The summed E-state index contributed by atoms with van der Waals surface area (Å²) in [5, 5.41) is 7.60. The number of hydrazone groups is 1. The molecule has 2 aromatic carbocycles. The lowest BCUT2D eigenvalue weighted by molar-refractivity contribution is -0.120. The van der Waals surface area contributed by atoms with E-state index in [0.717, 1.165) is 36.9 Å². The van der Waals surface area contributed by atoms with Crippen LogP contribution >= 0.6 is 11.6 Å². The van der Waals surface area contributed by atoms with Gasteiger partial charge in [-0.15, -0.1) is 0 Å². The van der Waals surface area contributed by atoms with Crippen LogP contribution in [0.5, 0.6) is 5.75 Å². The van der Waals surface area contributed by atoms with Gasteiger partial charge in [-0.2, -0.15) is 5.10 Å². The SMILES string of the molecule is COc1ccc(Cl)cc1C(=O)NN=C(C)c1ccc(NC(=O)C2CCCCC2)cc1. The van der Waals surface area contributed by atoms with Crippen LogP contribution in [-0.2, 0) is 4.79 Å². The number of anilines is 1. The highest BCUT2D eigenvalue weighted by Crippen LogP contribution is 2.25.